The molecule has 0 unspecified atom stereocenters. The van der Waals surface area contributed by atoms with Crippen molar-refractivity contribution in [3.05, 3.63) is 57.5 Å². The smallest absolute Gasteiger partial charge is 0.168 e. The largest absolute Gasteiger partial charge is 0.398 e. The van der Waals surface area contributed by atoms with E-state index in [2.05, 4.69) is 5.16 Å². The molecule has 0 aliphatic rings. The Morgan fingerprint density at radius 3 is 2.33 bits per heavy atom. The van der Waals surface area contributed by atoms with Gasteiger partial charge in [-0.3, -0.25) is 0 Å². The van der Waals surface area contributed by atoms with Crippen molar-refractivity contribution >= 4 is 40.5 Å². The van der Waals surface area contributed by atoms with Crippen molar-refractivity contribution in [1.82, 2.24) is 5.16 Å². The molecule has 3 aromatic rings. The van der Waals surface area contributed by atoms with Gasteiger partial charge in [0.05, 0.1) is 5.02 Å². The molecule has 0 fully saturated rings. The Hall–Kier alpha value is -1.68. The Kier molecular flexibility index (Phi) is 3.81. The molecule has 0 bridgehead atoms. The van der Waals surface area contributed by atoms with Gasteiger partial charge in [0.15, 0.2) is 5.76 Å². The third kappa shape index (κ3) is 2.86. The van der Waals surface area contributed by atoms with Crippen LogP contribution in [-0.4, -0.2) is 5.16 Å². The Labute approximate surface area is 136 Å². The van der Waals surface area contributed by atoms with Crippen LogP contribution in [0.25, 0.3) is 22.6 Å². The normalized spacial score (nSPS) is 10.8. The fourth-order valence-corrected chi connectivity index (χ4v) is 2.64. The number of rotatable bonds is 2. The van der Waals surface area contributed by atoms with Crippen LogP contribution >= 0.6 is 34.8 Å². The first kappa shape index (κ1) is 14.3. The maximum atomic E-state index is 6.16. The molecular formula is C15H9Cl3N2O. The molecule has 21 heavy (non-hydrogen) atoms. The van der Waals surface area contributed by atoms with Crippen LogP contribution in [0.2, 0.25) is 15.1 Å². The van der Waals surface area contributed by atoms with Gasteiger partial charge in [0, 0.05) is 32.9 Å². The SMILES string of the molecule is Nc1ccc(Cl)cc1-c1cc(-c2ccc(Cl)cc2Cl)on1. The van der Waals surface area contributed by atoms with Gasteiger partial charge in [0.25, 0.3) is 0 Å². The highest BCUT2D eigenvalue weighted by Crippen LogP contribution is 2.34. The highest BCUT2D eigenvalue weighted by Gasteiger charge is 2.13. The van der Waals surface area contributed by atoms with Crippen molar-refractivity contribution < 1.29 is 4.52 Å². The Morgan fingerprint density at radius 1 is 0.857 bits per heavy atom. The molecule has 6 heteroatoms. The lowest BCUT2D eigenvalue weighted by molar-refractivity contribution is 0.435. The van der Waals surface area contributed by atoms with E-state index in [9.17, 15) is 0 Å². The first-order valence-corrected chi connectivity index (χ1v) is 7.15. The number of hydrogen-bond donors (Lipinski definition) is 1. The van der Waals surface area contributed by atoms with E-state index in [1.54, 1.807) is 42.5 Å². The van der Waals surface area contributed by atoms with E-state index in [1.165, 1.54) is 0 Å². The van der Waals surface area contributed by atoms with Crippen molar-refractivity contribution in [1.29, 1.82) is 0 Å². The van der Waals surface area contributed by atoms with Crippen molar-refractivity contribution in [2.45, 2.75) is 0 Å². The molecule has 0 aliphatic heterocycles. The van der Waals surface area contributed by atoms with Crippen LogP contribution < -0.4 is 5.73 Å². The lowest BCUT2D eigenvalue weighted by Gasteiger charge is -2.01. The Balaban J connectivity index is 2.06. The molecule has 0 aliphatic carbocycles. The third-order valence-corrected chi connectivity index (χ3v) is 3.78. The summed E-state index contributed by atoms with van der Waals surface area (Å²) in [4.78, 5) is 0. The van der Waals surface area contributed by atoms with Crippen molar-refractivity contribution in [2.24, 2.45) is 0 Å². The van der Waals surface area contributed by atoms with Gasteiger partial charge in [-0.2, -0.15) is 0 Å². The molecule has 3 nitrogen and oxygen atoms in total. The zero-order valence-corrected chi connectivity index (χ0v) is 12.9. The molecule has 1 heterocycles. The number of aromatic nitrogens is 1. The fraction of sp³-hybridized carbons (Fsp3) is 0. The van der Waals surface area contributed by atoms with Gasteiger partial charge in [0.2, 0.25) is 0 Å². The second-order valence-corrected chi connectivity index (χ2v) is 5.71. The zero-order chi connectivity index (χ0) is 15.0. The summed E-state index contributed by atoms with van der Waals surface area (Å²) in [5.41, 5.74) is 8.52. The van der Waals surface area contributed by atoms with Crippen LogP contribution in [-0.2, 0) is 0 Å². The van der Waals surface area contributed by atoms with Crippen LogP contribution in [0, 0.1) is 0 Å². The number of nitrogens with zero attached hydrogens (tertiary/aromatic N) is 1. The maximum absolute atomic E-state index is 6.16. The van der Waals surface area contributed by atoms with Crippen molar-refractivity contribution in [3.63, 3.8) is 0 Å². The minimum Gasteiger partial charge on any atom is -0.398 e. The quantitative estimate of drug-likeness (QED) is 0.623. The zero-order valence-electron chi connectivity index (χ0n) is 10.6. The van der Waals surface area contributed by atoms with Crippen LogP contribution in [0.1, 0.15) is 0 Å². The molecular weight excluding hydrogens is 331 g/mol. The van der Waals surface area contributed by atoms with Crippen LogP contribution in [0.5, 0.6) is 0 Å². The molecule has 0 saturated carbocycles. The molecule has 1 aromatic heterocycles. The van der Waals surface area contributed by atoms with Gasteiger partial charge in [-0.05, 0) is 36.4 Å². The number of benzene rings is 2. The number of anilines is 1. The topological polar surface area (TPSA) is 52.0 Å². The summed E-state index contributed by atoms with van der Waals surface area (Å²) in [5.74, 6) is 0.533. The van der Waals surface area contributed by atoms with Crippen molar-refractivity contribution in [2.75, 3.05) is 5.73 Å². The predicted octanol–water partition coefficient (Wildman–Crippen LogP) is 5.55. The van der Waals surface area contributed by atoms with Crippen LogP contribution in [0.3, 0.4) is 0 Å². The highest BCUT2D eigenvalue weighted by molar-refractivity contribution is 6.36. The second kappa shape index (κ2) is 5.60. The summed E-state index contributed by atoms with van der Waals surface area (Å²) < 4.78 is 5.34. The monoisotopic (exact) mass is 338 g/mol. The number of nitrogens with two attached hydrogens (primary N) is 1. The molecule has 0 saturated heterocycles. The van der Waals surface area contributed by atoms with Crippen LogP contribution in [0.15, 0.2) is 47.0 Å². The molecule has 2 aromatic carbocycles. The minimum atomic E-state index is 0.490. The summed E-state index contributed by atoms with van der Waals surface area (Å²) in [6.07, 6.45) is 0. The Morgan fingerprint density at radius 2 is 1.57 bits per heavy atom. The highest BCUT2D eigenvalue weighted by atomic mass is 35.5. The summed E-state index contributed by atoms with van der Waals surface area (Å²) >= 11 is 18.0. The van der Waals surface area contributed by atoms with E-state index in [4.69, 9.17) is 45.1 Å². The standard InChI is InChI=1S/C15H9Cl3N2O/c16-8-2-4-13(19)11(5-8)14-7-15(21-20-14)10-3-1-9(17)6-12(10)18/h1-7H,19H2. The van der Waals surface area contributed by atoms with Gasteiger partial charge in [-0.1, -0.05) is 40.0 Å². The van der Waals surface area contributed by atoms with E-state index in [0.717, 1.165) is 0 Å². The molecule has 106 valence electrons. The van der Waals surface area contributed by atoms with E-state index < -0.39 is 0 Å². The molecule has 0 atom stereocenters. The van der Waals surface area contributed by atoms with Gasteiger partial charge >= 0.3 is 0 Å². The molecule has 0 amide bonds. The van der Waals surface area contributed by atoms with Crippen molar-refractivity contribution in [3.8, 4) is 22.6 Å². The van der Waals surface area contributed by atoms with E-state index in [0.29, 0.717) is 43.3 Å². The minimum absolute atomic E-state index is 0.490. The third-order valence-electron chi connectivity index (χ3n) is 3.00. The average Bonchev–Trinajstić information content (AvgIpc) is 2.91. The van der Waals surface area contributed by atoms with Gasteiger partial charge in [-0.15, -0.1) is 0 Å². The van der Waals surface area contributed by atoms with Gasteiger partial charge in [0.1, 0.15) is 5.69 Å². The van der Waals surface area contributed by atoms with Gasteiger partial charge < -0.3 is 10.3 Å². The summed E-state index contributed by atoms with van der Waals surface area (Å²) in [6.45, 7) is 0. The summed E-state index contributed by atoms with van der Waals surface area (Å²) in [5, 5.41) is 5.65. The first-order chi connectivity index (χ1) is 10.0. The maximum Gasteiger partial charge on any atom is 0.168 e. The van der Waals surface area contributed by atoms with E-state index >= 15 is 0 Å². The lowest BCUT2D eigenvalue weighted by atomic mass is 10.1. The Bertz CT molecular complexity index is 814. The summed E-state index contributed by atoms with van der Waals surface area (Å²) in [6, 6.07) is 12.1. The van der Waals surface area contributed by atoms with E-state index in [-0.39, 0.29) is 0 Å². The second-order valence-electron chi connectivity index (χ2n) is 4.43. The summed E-state index contributed by atoms with van der Waals surface area (Å²) in [7, 11) is 0. The number of halogens is 3. The van der Waals surface area contributed by atoms with E-state index in [1.807, 2.05) is 0 Å². The fourth-order valence-electron chi connectivity index (χ4n) is 1.97. The predicted molar refractivity (Wildman–Crippen MR) is 86.8 cm³/mol. The molecule has 3 rings (SSSR count). The average molecular weight is 340 g/mol. The number of hydrogen-bond acceptors (Lipinski definition) is 3. The first-order valence-electron chi connectivity index (χ1n) is 6.02. The number of nitrogen functional groups attached to an aromatic ring is 1. The molecule has 0 spiro atoms. The molecule has 2 N–H and O–H groups in total. The van der Waals surface area contributed by atoms with Gasteiger partial charge in [-0.25, -0.2) is 0 Å². The lowest BCUT2D eigenvalue weighted by Crippen LogP contribution is -1.89. The van der Waals surface area contributed by atoms with Crippen LogP contribution in [0.4, 0.5) is 5.69 Å². The molecule has 0 radical (unpaired) electrons.